The molecule has 0 heterocycles. The van der Waals surface area contributed by atoms with Crippen molar-refractivity contribution in [3.05, 3.63) is 15.0 Å². The summed E-state index contributed by atoms with van der Waals surface area (Å²) in [5.41, 5.74) is -0.0729. The number of methoxy groups -OCH3 is 2. The number of nitrogens with one attached hydrogen (secondary N) is 1. The highest BCUT2D eigenvalue weighted by atomic mass is 79.9. The van der Waals surface area contributed by atoms with Crippen LogP contribution in [-0.2, 0) is 4.74 Å². The molecule has 0 spiro atoms. The normalized spacial score (nSPS) is 10.9. The van der Waals surface area contributed by atoms with Gasteiger partial charge in [-0.25, -0.2) is 4.79 Å². The minimum atomic E-state index is -0.569. The van der Waals surface area contributed by atoms with Crippen LogP contribution < -0.4 is 14.8 Å². The van der Waals surface area contributed by atoms with Gasteiger partial charge < -0.3 is 14.2 Å². The fourth-order valence-electron chi connectivity index (χ4n) is 1.42. The maximum absolute atomic E-state index is 11.8. The van der Waals surface area contributed by atoms with Crippen LogP contribution in [0.25, 0.3) is 0 Å². The molecule has 0 aromatic heterocycles. The van der Waals surface area contributed by atoms with E-state index in [1.807, 2.05) is 0 Å². The Morgan fingerprint density at radius 3 is 2.20 bits per heavy atom. The predicted molar refractivity (Wildman–Crippen MR) is 84.8 cm³/mol. The molecular formula is C13H17Br2NO4. The van der Waals surface area contributed by atoms with Crippen molar-refractivity contribution in [2.24, 2.45) is 0 Å². The predicted octanol–water partition coefficient (Wildman–Crippen LogP) is 4.58. The van der Waals surface area contributed by atoms with E-state index in [-0.39, 0.29) is 0 Å². The van der Waals surface area contributed by atoms with Gasteiger partial charge in [-0.1, -0.05) is 0 Å². The molecule has 0 atom stereocenters. The summed E-state index contributed by atoms with van der Waals surface area (Å²) in [7, 11) is 3.06. The van der Waals surface area contributed by atoms with Gasteiger partial charge in [-0.05, 0) is 52.6 Å². The second-order valence-electron chi connectivity index (χ2n) is 4.91. The topological polar surface area (TPSA) is 56.8 Å². The van der Waals surface area contributed by atoms with Crippen LogP contribution in [0.3, 0.4) is 0 Å². The number of carbonyl (C=O) groups excluding carboxylic acids is 1. The van der Waals surface area contributed by atoms with E-state index in [2.05, 4.69) is 37.2 Å². The first-order valence-corrected chi connectivity index (χ1v) is 7.38. The van der Waals surface area contributed by atoms with E-state index in [1.165, 1.54) is 14.2 Å². The van der Waals surface area contributed by atoms with Crippen LogP contribution in [0.2, 0.25) is 0 Å². The van der Waals surface area contributed by atoms with Crippen LogP contribution in [-0.4, -0.2) is 25.9 Å². The van der Waals surface area contributed by atoms with Crippen molar-refractivity contribution < 1.29 is 19.0 Å². The minimum absolute atomic E-state index is 0.496. The zero-order chi connectivity index (χ0) is 15.5. The molecule has 1 aromatic rings. The van der Waals surface area contributed by atoms with Crippen LogP contribution in [0.4, 0.5) is 10.5 Å². The number of rotatable bonds is 3. The molecule has 0 aliphatic heterocycles. The van der Waals surface area contributed by atoms with Gasteiger partial charge in [0.25, 0.3) is 0 Å². The highest BCUT2D eigenvalue weighted by Crippen LogP contribution is 2.44. The van der Waals surface area contributed by atoms with Gasteiger partial charge >= 0.3 is 6.09 Å². The van der Waals surface area contributed by atoms with Crippen LogP contribution >= 0.6 is 31.9 Å². The molecule has 1 aromatic carbocycles. The summed E-state index contributed by atoms with van der Waals surface area (Å²) in [5.74, 6) is 1.06. The lowest BCUT2D eigenvalue weighted by Crippen LogP contribution is -2.27. The van der Waals surface area contributed by atoms with E-state index >= 15 is 0 Å². The van der Waals surface area contributed by atoms with Gasteiger partial charge in [-0.3, -0.25) is 5.32 Å². The Morgan fingerprint density at radius 2 is 1.75 bits per heavy atom. The van der Waals surface area contributed by atoms with E-state index < -0.39 is 11.7 Å². The van der Waals surface area contributed by atoms with Gasteiger partial charge in [0.15, 0.2) is 5.75 Å². The fraction of sp³-hybridized carbons (Fsp3) is 0.462. The third-order valence-corrected chi connectivity index (χ3v) is 3.72. The Bertz CT molecular complexity index is 512. The summed E-state index contributed by atoms with van der Waals surface area (Å²) in [5, 5.41) is 2.65. The quantitative estimate of drug-likeness (QED) is 0.792. The van der Waals surface area contributed by atoms with E-state index in [0.717, 1.165) is 0 Å². The molecule has 0 saturated carbocycles. The monoisotopic (exact) mass is 409 g/mol. The van der Waals surface area contributed by atoms with Crippen LogP contribution in [0.1, 0.15) is 20.8 Å². The van der Waals surface area contributed by atoms with Crippen molar-refractivity contribution in [3.8, 4) is 11.5 Å². The Hall–Kier alpha value is -0.950. The van der Waals surface area contributed by atoms with Crippen LogP contribution in [0.5, 0.6) is 11.5 Å². The second kappa shape index (κ2) is 6.67. The molecule has 0 aliphatic carbocycles. The molecule has 20 heavy (non-hydrogen) atoms. The molecule has 1 amide bonds. The van der Waals surface area contributed by atoms with Gasteiger partial charge in [-0.15, -0.1) is 0 Å². The van der Waals surface area contributed by atoms with E-state index in [1.54, 1.807) is 26.8 Å². The molecule has 0 unspecified atom stereocenters. The number of halogens is 2. The summed E-state index contributed by atoms with van der Waals surface area (Å²) < 4.78 is 17.0. The number of ether oxygens (including phenoxy) is 3. The maximum Gasteiger partial charge on any atom is 0.412 e. The molecule has 0 aliphatic rings. The van der Waals surface area contributed by atoms with Crippen molar-refractivity contribution in [2.75, 3.05) is 19.5 Å². The molecule has 0 radical (unpaired) electrons. The lowest BCUT2D eigenvalue weighted by atomic mass is 10.2. The summed E-state index contributed by atoms with van der Waals surface area (Å²) in [6, 6.07) is 1.67. The third kappa shape index (κ3) is 4.28. The Balaban J connectivity index is 3.10. The summed E-state index contributed by atoms with van der Waals surface area (Å²) >= 11 is 6.76. The maximum atomic E-state index is 11.8. The minimum Gasteiger partial charge on any atom is -0.495 e. The average molecular weight is 411 g/mol. The number of hydrogen-bond acceptors (Lipinski definition) is 4. The van der Waals surface area contributed by atoms with E-state index in [0.29, 0.717) is 26.1 Å². The lowest BCUT2D eigenvalue weighted by molar-refractivity contribution is 0.0636. The molecule has 1 rings (SSSR count). The number of carbonyl (C=O) groups is 1. The van der Waals surface area contributed by atoms with Crippen molar-refractivity contribution in [2.45, 2.75) is 26.4 Å². The molecule has 5 nitrogen and oxygen atoms in total. The molecule has 7 heteroatoms. The van der Waals surface area contributed by atoms with Crippen LogP contribution in [0, 0.1) is 0 Å². The molecule has 0 fully saturated rings. The number of hydrogen-bond donors (Lipinski definition) is 1. The Morgan fingerprint density at radius 1 is 1.15 bits per heavy atom. The molecule has 1 N–H and O–H groups in total. The molecule has 0 saturated heterocycles. The fourth-order valence-corrected chi connectivity index (χ4v) is 2.90. The van der Waals surface area contributed by atoms with Gasteiger partial charge in [0.1, 0.15) is 15.8 Å². The Labute approximate surface area is 135 Å². The largest absolute Gasteiger partial charge is 0.495 e. The third-order valence-electron chi connectivity index (χ3n) is 2.19. The number of amides is 1. The first-order chi connectivity index (χ1) is 9.19. The standard InChI is InChI=1S/C13H17Br2NO4/c1-13(2,3)20-12(17)16-7-6-8(18-4)10(15)11(19-5)9(7)14/h6H,1-5H3,(H,16,17). The number of anilines is 1. The number of benzene rings is 1. The SMILES string of the molecule is COc1cc(NC(=O)OC(C)(C)C)c(Br)c(OC)c1Br. The van der Waals surface area contributed by atoms with Gasteiger partial charge in [0.05, 0.1) is 24.4 Å². The first-order valence-electron chi connectivity index (χ1n) is 5.79. The Kier molecular flexibility index (Phi) is 5.70. The van der Waals surface area contributed by atoms with Gasteiger partial charge in [0, 0.05) is 6.07 Å². The van der Waals surface area contributed by atoms with Crippen molar-refractivity contribution in [1.82, 2.24) is 0 Å². The lowest BCUT2D eigenvalue weighted by Gasteiger charge is -2.21. The summed E-state index contributed by atoms with van der Waals surface area (Å²) in [4.78, 5) is 11.8. The highest BCUT2D eigenvalue weighted by Gasteiger charge is 2.21. The average Bonchev–Trinajstić information content (AvgIpc) is 2.31. The van der Waals surface area contributed by atoms with Crippen molar-refractivity contribution in [1.29, 1.82) is 0 Å². The van der Waals surface area contributed by atoms with Crippen molar-refractivity contribution >= 4 is 43.6 Å². The summed E-state index contributed by atoms with van der Waals surface area (Å²) in [6.07, 6.45) is -0.551. The second-order valence-corrected chi connectivity index (χ2v) is 6.50. The van der Waals surface area contributed by atoms with E-state index in [9.17, 15) is 4.79 Å². The molecule has 0 bridgehead atoms. The van der Waals surface area contributed by atoms with Gasteiger partial charge in [-0.2, -0.15) is 0 Å². The highest BCUT2D eigenvalue weighted by molar-refractivity contribution is 9.11. The molecular weight excluding hydrogens is 394 g/mol. The first kappa shape index (κ1) is 17.1. The zero-order valence-corrected chi connectivity index (χ0v) is 15.1. The zero-order valence-electron chi connectivity index (χ0n) is 12.0. The van der Waals surface area contributed by atoms with E-state index in [4.69, 9.17) is 14.2 Å². The smallest absolute Gasteiger partial charge is 0.412 e. The van der Waals surface area contributed by atoms with Crippen LogP contribution in [0.15, 0.2) is 15.0 Å². The molecule has 112 valence electrons. The van der Waals surface area contributed by atoms with Gasteiger partial charge in [0.2, 0.25) is 0 Å². The van der Waals surface area contributed by atoms with Crippen molar-refractivity contribution in [3.63, 3.8) is 0 Å². The summed E-state index contributed by atoms with van der Waals surface area (Å²) in [6.45, 7) is 5.39.